The van der Waals surface area contributed by atoms with Crippen molar-refractivity contribution in [2.75, 3.05) is 18.5 Å². The first-order valence-corrected chi connectivity index (χ1v) is 4.30. The number of nitrogens with zero attached hydrogens (tertiary/aromatic N) is 1. The largest absolute Gasteiger partial charge is 0.390 e. The molecule has 84 valence electrons. The van der Waals surface area contributed by atoms with Gasteiger partial charge in [0.05, 0.1) is 18.4 Å². The number of alkyl halides is 2. The second-order valence-electron chi connectivity index (χ2n) is 2.79. The fourth-order valence-electron chi connectivity index (χ4n) is 0.787. The number of hydrogen-bond donors (Lipinski definition) is 3. The molecule has 0 saturated heterocycles. The Balaban J connectivity index is 2.74. The molecule has 8 heteroatoms. The summed E-state index contributed by atoms with van der Waals surface area (Å²) in [5, 5.41) is 15.7. The first-order chi connectivity index (χ1) is 6.96. The summed E-state index contributed by atoms with van der Waals surface area (Å²) < 4.78 is 25.2. The molecule has 0 radical (unpaired) electrons. The molecule has 1 rings (SSSR count). The minimum atomic E-state index is -3.27. The van der Waals surface area contributed by atoms with Crippen LogP contribution in [0.25, 0.3) is 0 Å². The van der Waals surface area contributed by atoms with E-state index >= 15 is 0 Å². The van der Waals surface area contributed by atoms with Crippen molar-refractivity contribution >= 4 is 17.3 Å². The molecule has 0 saturated carbocycles. The first kappa shape index (κ1) is 11.9. The molecule has 0 aliphatic heterocycles. The van der Waals surface area contributed by atoms with Crippen LogP contribution >= 0.6 is 11.6 Å². The van der Waals surface area contributed by atoms with Crippen molar-refractivity contribution in [2.45, 2.75) is 5.92 Å². The molecule has 0 bridgehead atoms. The Bertz CT molecular complexity index is 396. The zero-order valence-electron chi connectivity index (χ0n) is 7.43. The lowest BCUT2D eigenvalue weighted by molar-refractivity contribution is -0.0372. The summed E-state index contributed by atoms with van der Waals surface area (Å²) >= 11 is 5.51. The summed E-state index contributed by atoms with van der Waals surface area (Å²) in [4.78, 5) is 10.9. The number of rotatable bonds is 4. The highest BCUT2D eigenvalue weighted by Crippen LogP contribution is 2.18. The van der Waals surface area contributed by atoms with Crippen LogP contribution in [-0.4, -0.2) is 34.4 Å². The van der Waals surface area contributed by atoms with Gasteiger partial charge in [0.1, 0.15) is 11.6 Å². The van der Waals surface area contributed by atoms with E-state index in [2.05, 4.69) is 10.4 Å². The van der Waals surface area contributed by atoms with Gasteiger partial charge in [-0.2, -0.15) is 5.10 Å². The van der Waals surface area contributed by atoms with E-state index in [1.165, 1.54) is 0 Å². The predicted octanol–water partition coefficient (Wildman–Crippen LogP) is 0.463. The van der Waals surface area contributed by atoms with Gasteiger partial charge in [0.25, 0.3) is 11.5 Å². The lowest BCUT2D eigenvalue weighted by atomic mass is 10.3. The van der Waals surface area contributed by atoms with E-state index in [0.29, 0.717) is 0 Å². The summed E-state index contributed by atoms with van der Waals surface area (Å²) in [5.74, 6) is -3.27. The molecule has 0 amide bonds. The van der Waals surface area contributed by atoms with Gasteiger partial charge < -0.3 is 10.4 Å². The van der Waals surface area contributed by atoms with Crippen LogP contribution < -0.4 is 10.9 Å². The smallest absolute Gasteiger partial charge is 0.287 e. The number of aromatic nitrogens is 2. The molecule has 0 aromatic carbocycles. The second-order valence-corrected chi connectivity index (χ2v) is 3.17. The van der Waals surface area contributed by atoms with Crippen LogP contribution in [0.5, 0.6) is 0 Å². The van der Waals surface area contributed by atoms with E-state index in [9.17, 15) is 13.6 Å². The molecule has 0 spiro atoms. The maximum atomic E-state index is 12.6. The Hall–Kier alpha value is -1.21. The normalized spacial score (nSPS) is 11.5. The van der Waals surface area contributed by atoms with Crippen molar-refractivity contribution in [3.8, 4) is 0 Å². The van der Waals surface area contributed by atoms with Crippen molar-refractivity contribution in [3.05, 3.63) is 21.6 Å². The zero-order valence-corrected chi connectivity index (χ0v) is 8.18. The Morgan fingerprint density at radius 2 is 2.33 bits per heavy atom. The highest BCUT2D eigenvalue weighted by atomic mass is 35.5. The summed E-state index contributed by atoms with van der Waals surface area (Å²) in [5.41, 5.74) is -0.678. The first-order valence-electron chi connectivity index (χ1n) is 3.92. The molecular weight excluding hydrogens is 232 g/mol. The van der Waals surface area contributed by atoms with Crippen molar-refractivity contribution in [3.63, 3.8) is 0 Å². The average molecular weight is 240 g/mol. The number of H-pyrrole nitrogens is 1. The van der Waals surface area contributed by atoms with Gasteiger partial charge in [0.2, 0.25) is 0 Å². The number of nitrogens with one attached hydrogen (secondary N) is 2. The number of anilines is 1. The fraction of sp³-hybridized carbons (Fsp3) is 0.429. The topological polar surface area (TPSA) is 78.0 Å². The third kappa shape index (κ3) is 3.14. The van der Waals surface area contributed by atoms with Gasteiger partial charge in [-0.05, 0) is 0 Å². The molecule has 0 unspecified atom stereocenters. The predicted molar refractivity (Wildman–Crippen MR) is 50.4 cm³/mol. The van der Waals surface area contributed by atoms with Crippen LogP contribution in [0, 0.1) is 0 Å². The molecule has 1 aromatic heterocycles. The van der Waals surface area contributed by atoms with Crippen LogP contribution in [-0.2, 0) is 0 Å². The van der Waals surface area contributed by atoms with Crippen molar-refractivity contribution in [1.82, 2.24) is 10.2 Å². The van der Waals surface area contributed by atoms with Crippen LogP contribution in [0.1, 0.15) is 0 Å². The summed E-state index contributed by atoms with van der Waals surface area (Å²) in [6.45, 7) is -2.11. The van der Waals surface area contributed by atoms with Gasteiger partial charge in [-0.3, -0.25) is 4.79 Å². The molecular formula is C7H8ClF2N3O2. The fourth-order valence-corrected chi connectivity index (χ4v) is 0.945. The van der Waals surface area contributed by atoms with E-state index in [1.54, 1.807) is 0 Å². The summed E-state index contributed by atoms with van der Waals surface area (Å²) in [6, 6.07) is 0. The Morgan fingerprint density at radius 1 is 1.67 bits per heavy atom. The quantitative estimate of drug-likeness (QED) is 0.714. The SMILES string of the molecule is O=c1[nH]ncc(NCC(F)(F)CO)c1Cl. The van der Waals surface area contributed by atoms with Gasteiger partial charge in [0.15, 0.2) is 0 Å². The maximum Gasteiger partial charge on any atom is 0.287 e. The van der Waals surface area contributed by atoms with E-state index in [-0.39, 0.29) is 10.7 Å². The van der Waals surface area contributed by atoms with Crippen LogP contribution in [0.2, 0.25) is 5.02 Å². The van der Waals surface area contributed by atoms with Crippen molar-refractivity contribution in [2.24, 2.45) is 0 Å². The third-order valence-corrected chi connectivity index (χ3v) is 1.94. The standard InChI is InChI=1S/C7H8ClF2N3O2/c8-5-4(1-12-13-6(5)15)11-2-7(9,10)3-14/h1,14H,2-3H2,(H2,11,13,15). The third-order valence-electron chi connectivity index (χ3n) is 1.56. The highest BCUT2D eigenvalue weighted by molar-refractivity contribution is 6.32. The number of halogens is 3. The molecule has 1 heterocycles. The van der Waals surface area contributed by atoms with E-state index < -0.39 is 24.6 Å². The van der Waals surface area contributed by atoms with Gasteiger partial charge in [-0.1, -0.05) is 11.6 Å². The summed E-state index contributed by atoms with van der Waals surface area (Å²) in [7, 11) is 0. The average Bonchev–Trinajstić information content (AvgIpc) is 2.20. The zero-order chi connectivity index (χ0) is 11.5. The van der Waals surface area contributed by atoms with Crippen molar-refractivity contribution < 1.29 is 13.9 Å². The molecule has 0 fully saturated rings. The minimum Gasteiger partial charge on any atom is -0.390 e. The monoisotopic (exact) mass is 239 g/mol. The molecule has 0 atom stereocenters. The molecule has 1 aromatic rings. The highest BCUT2D eigenvalue weighted by Gasteiger charge is 2.27. The lowest BCUT2D eigenvalue weighted by Crippen LogP contribution is -2.31. The molecule has 3 N–H and O–H groups in total. The van der Waals surface area contributed by atoms with Crippen LogP contribution in [0.15, 0.2) is 11.0 Å². The second kappa shape index (κ2) is 4.54. The maximum absolute atomic E-state index is 12.6. The molecule has 5 nitrogen and oxygen atoms in total. The van der Waals surface area contributed by atoms with Gasteiger partial charge in [-0.25, -0.2) is 13.9 Å². The van der Waals surface area contributed by atoms with E-state index in [0.717, 1.165) is 6.20 Å². The number of aliphatic hydroxyl groups is 1. The Labute approximate surface area is 88.1 Å². The Kier molecular flexibility index (Phi) is 3.59. The number of hydrogen-bond acceptors (Lipinski definition) is 4. The lowest BCUT2D eigenvalue weighted by Gasteiger charge is -2.14. The minimum absolute atomic E-state index is 0.00598. The number of aromatic amines is 1. The molecule has 0 aliphatic carbocycles. The summed E-state index contributed by atoms with van der Waals surface area (Å²) in [6.07, 6.45) is 1.11. The van der Waals surface area contributed by atoms with Gasteiger partial charge in [0, 0.05) is 0 Å². The van der Waals surface area contributed by atoms with E-state index in [4.69, 9.17) is 16.7 Å². The van der Waals surface area contributed by atoms with Crippen LogP contribution in [0.4, 0.5) is 14.5 Å². The number of aliphatic hydroxyl groups excluding tert-OH is 1. The van der Waals surface area contributed by atoms with Crippen molar-refractivity contribution in [1.29, 1.82) is 0 Å². The van der Waals surface area contributed by atoms with Crippen LogP contribution in [0.3, 0.4) is 0 Å². The van der Waals surface area contributed by atoms with Gasteiger partial charge in [-0.15, -0.1) is 0 Å². The van der Waals surface area contributed by atoms with Gasteiger partial charge >= 0.3 is 0 Å². The molecule has 0 aliphatic rings. The molecule has 15 heavy (non-hydrogen) atoms. The Morgan fingerprint density at radius 3 is 2.93 bits per heavy atom. The van der Waals surface area contributed by atoms with E-state index in [1.807, 2.05) is 5.10 Å².